The molecule has 116 valence electrons. The predicted molar refractivity (Wildman–Crippen MR) is 82.7 cm³/mol. The van der Waals surface area contributed by atoms with Crippen LogP contribution in [-0.2, 0) is 0 Å². The van der Waals surface area contributed by atoms with E-state index in [1.807, 2.05) is 13.8 Å². The third-order valence-electron chi connectivity index (χ3n) is 4.15. The molecule has 5 heteroatoms. The van der Waals surface area contributed by atoms with Crippen LogP contribution in [0.4, 0.5) is 5.69 Å². The van der Waals surface area contributed by atoms with Gasteiger partial charge in [-0.15, -0.1) is 0 Å². The summed E-state index contributed by atoms with van der Waals surface area (Å²) in [6.45, 7) is 7.00. The highest BCUT2D eigenvalue weighted by molar-refractivity contribution is 5.91. The summed E-state index contributed by atoms with van der Waals surface area (Å²) in [5.41, 5.74) is 0.614. The number of hydrogen-bond acceptors (Lipinski definition) is 4. The highest BCUT2D eigenvalue weighted by Crippen LogP contribution is 2.29. The van der Waals surface area contributed by atoms with Crippen molar-refractivity contribution in [2.45, 2.75) is 52.4 Å². The topological polar surface area (TPSA) is 75.1 Å². The normalized spacial score (nSPS) is 22.3. The molecule has 1 fully saturated rings. The van der Waals surface area contributed by atoms with Crippen LogP contribution in [-0.4, -0.2) is 27.6 Å². The van der Waals surface area contributed by atoms with Gasteiger partial charge in [-0.05, 0) is 24.7 Å². The van der Waals surface area contributed by atoms with Crippen LogP contribution in [0.5, 0.6) is 0 Å². The molecule has 2 N–H and O–H groups in total. The van der Waals surface area contributed by atoms with E-state index in [0.29, 0.717) is 17.4 Å². The van der Waals surface area contributed by atoms with Gasteiger partial charge in [0.05, 0.1) is 11.9 Å². The van der Waals surface area contributed by atoms with Gasteiger partial charge in [0.15, 0.2) is 5.69 Å². The van der Waals surface area contributed by atoms with Crippen molar-refractivity contribution in [1.29, 1.82) is 0 Å². The average molecular weight is 291 g/mol. The molecule has 2 unspecified atom stereocenters. The molecule has 0 bridgehead atoms. The van der Waals surface area contributed by atoms with Gasteiger partial charge in [-0.3, -0.25) is 0 Å². The number of hydrogen-bond donors (Lipinski definition) is 2. The van der Waals surface area contributed by atoms with E-state index >= 15 is 0 Å². The minimum absolute atomic E-state index is 0.0811. The Hall–Kier alpha value is -1.65. The molecule has 5 nitrogen and oxygen atoms in total. The van der Waals surface area contributed by atoms with Crippen LogP contribution in [0.15, 0.2) is 6.20 Å². The lowest BCUT2D eigenvalue weighted by molar-refractivity contribution is 0.0691. The number of rotatable bonds is 5. The van der Waals surface area contributed by atoms with E-state index in [1.165, 1.54) is 25.7 Å². The van der Waals surface area contributed by atoms with Crippen LogP contribution < -0.4 is 5.32 Å². The monoisotopic (exact) mass is 291 g/mol. The van der Waals surface area contributed by atoms with Gasteiger partial charge in [0.1, 0.15) is 5.82 Å². The Bertz CT molecular complexity index is 502. The standard InChI is InChI=1S/C16H25N3O2/c1-10(2)15-18-9-13(14(19-15)16(20)21)17-8-12-6-4-5-11(3)7-12/h9-12,17H,4-8H2,1-3H3,(H,20,21). The van der Waals surface area contributed by atoms with Gasteiger partial charge in [-0.25, -0.2) is 14.8 Å². The summed E-state index contributed by atoms with van der Waals surface area (Å²) in [4.78, 5) is 19.8. The number of anilines is 1. The van der Waals surface area contributed by atoms with E-state index in [0.717, 1.165) is 12.5 Å². The van der Waals surface area contributed by atoms with Gasteiger partial charge < -0.3 is 10.4 Å². The van der Waals surface area contributed by atoms with E-state index in [2.05, 4.69) is 22.2 Å². The van der Waals surface area contributed by atoms with E-state index in [4.69, 9.17) is 0 Å². The molecule has 0 aromatic carbocycles. The first-order valence-electron chi connectivity index (χ1n) is 7.81. The van der Waals surface area contributed by atoms with Crippen molar-refractivity contribution in [1.82, 2.24) is 9.97 Å². The molecule has 0 radical (unpaired) electrons. The Morgan fingerprint density at radius 2 is 2.24 bits per heavy atom. The Morgan fingerprint density at radius 3 is 2.86 bits per heavy atom. The first-order valence-corrected chi connectivity index (χ1v) is 7.81. The second kappa shape index (κ2) is 6.87. The van der Waals surface area contributed by atoms with Gasteiger partial charge in [0.2, 0.25) is 0 Å². The lowest BCUT2D eigenvalue weighted by Gasteiger charge is -2.27. The molecule has 1 heterocycles. The predicted octanol–water partition coefficient (Wildman–Crippen LogP) is 3.54. The van der Waals surface area contributed by atoms with Crippen molar-refractivity contribution < 1.29 is 9.90 Å². The summed E-state index contributed by atoms with van der Waals surface area (Å²) in [7, 11) is 0. The van der Waals surface area contributed by atoms with Crippen LogP contribution in [0.1, 0.15) is 68.7 Å². The molecule has 1 aromatic rings. The number of nitrogens with zero attached hydrogens (tertiary/aromatic N) is 2. The van der Waals surface area contributed by atoms with Gasteiger partial charge in [0, 0.05) is 12.5 Å². The molecule has 1 aliphatic rings. The zero-order valence-electron chi connectivity index (χ0n) is 13.1. The van der Waals surface area contributed by atoms with Gasteiger partial charge in [-0.1, -0.05) is 33.6 Å². The quantitative estimate of drug-likeness (QED) is 0.868. The summed E-state index contributed by atoms with van der Waals surface area (Å²) >= 11 is 0. The van der Waals surface area contributed by atoms with Crippen molar-refractivity contribution in [2.75, 3.05) is 11.9 Å². The van der Waals surface area contributed by atoms with Crippen LogP contribution in [0, 0.1) is 11.8 Å². The van der Waals surface area contributed by atoms with E-state index in [9.17, 15) is 9.90 Å². The molecule has 2 atom stereocenters. The van der Waals surface area contributed by atoms with Crippen molar-refractivity contribution >= 4 is 11.7 Å². The molecular weight excluding hydrogens is 266 g/mol. The Labute approximate surface area is 126 Å². The third-order valence-corrected chi connectivity index (χ3v) is 4.15. The summed E-state index contributed by atoms with van der Waals surface area (Å²) in [6.07, 6.45) is 6.61. The zero-order chi connectivity index (χ0) is 15.4. The fraction of sp³-hybridized carbons (Fsp3) is 0.688. The first kappa shape index (κ1) is 15.7. The van der Waals surface area contributed by atoms with Gasteiger partial charge in [-0.2, -0.15) is 0 Å². The molecular formula is C16H25N3O2. The number of carbonyl (C=O) groups is 1. The minimum Gasteiger partial charge on any atom is -0.476 e. The number of carboxylic acids is 1. The SMILES string of the molecule is CC1CCCC(CNc2cnc(C(C)C)nc2C(=O)O)C1. The van der Waals surface area contributed by atoms with Crippen LogP contribution in [0.3, 0.4) is 0 Å². The summed E-state index contributed by atoms with van der Waals surface area (Å²) in [5, 5.41) is 12.6. The molecule has 0 spiro atoms. The number of aromatic nitrogens is 2. The van der Waals surface area contributed by atoms with Gasteiger partial charge >= 0.3 is 5.97 Å². The van der Waals surface area contributed by atoms with Crippen molar-refractivity contribution in [3.8, 4) is 0 Å². The van der Waals surface area contributed by atoms with Crippen LogP contribution in [0.25, 0.3) is 0 Å². The minimum atomic E-state index is -1.00. The molecule has 0 aliphatic heterocycles. The fourth-order valence-electron chi connectivity index (χ4n) is 2.97. The zero-order valence-corrected chi connectivity index (χ0v) is 13.1. The third kappa shape index (κ3) is 4.16. The van der Waals surface area contributed by atoms with E-state index in [1.54, 1.807) is 6.20 Å². The molecule has 0 amide bonds. The second-order valence-corrected chi connectivity index (χ2v) is 6.47. The average Bonchev–Trinajstić information content (AvgIpc) is 2.44. The Morgan fingerprint density at radius 1 is 1.48 bits per heavy atom. The van der Waals surface area contributed by atoms with Crippen molar-refractivity contribution in [3.63, 3.8) is 0 Å². The van der Waals surface area contributed by atoms with Gasteiger partial charge in [0.25, 0.3) is 0 Å². The number of nitrogens with one attached hydrogen (secondary N) is 1. The fourth-order valence-corrected chi connectivity index (χ4v) is 2.97. The molecule has 1 aliphatic carbocycles. The largest absolute Gasteiger partial charge is 0.476 e. The van der Waals surface area contributed by atoms with E-state index < -0.39 is 5.97 Å². The molecule has 1 aromatic heterocycles. The summed E-state index contributed by atoms with van der Waals surface area (Å²) < 4.78 is 0. The summed E-state index contributed by atoms with van der Waals surface area (Å²) in [5.74, 6) is 1.07. The van der Waals surface area contributed by atoms with Crippen LogP contribution >= 0.6 is 0 Å². The first-order chi connectivity index (χ1) is 9.97. The molecule has 2 rings (SSSR count). The van der Waals surface area contributed by atoms with Crippen LogP contribution in [0.2, 0.25) is 0 Å². The maximum absolute atomic E-state index is 11.4. The lowest BCUT2D eigenvalue weighted by atomic mass is 9.82. The van der Waals surface area contributed by atoms with Crippen molar-refractivity contribution in [3.05, 3.63) is 17.7 Å². The Kier molecular flexibility index (Phi) is 5.15. The van der Waals surface area contributed by atoms with Crippen molar-refractivity contribution in [2.24, 2.45) is 11.8 Å². The number of carboxylic acid groups (broad SMARTS) is 1. The highest BCUT2D eigenvalue weighted by atomic mass is 16.4. The number of aromatic carboxylic acids is 1. The molecule has 1 saturated carbocycles. The smallest absolute Gasteiger partial charge is 0.356 e. The maximum Gasteiger partial charge on any atom is 0.356 e. The highest BCUT2D eigenvalue weighted by Gasteiger charge is 2.20. The lowest BCUT2D eigenvalue weighted by Crippen LogP contribution is -2.22. The van der Waals surface area contributed by atoms with E-state index in [-0.39, 0.29) is 11.6 Å². The molecule has 0 saturated heterocycles. The Balaban J connectivity index is 2.06. The maximum atomic E-state index is 11.4. The summed E-state index contributed by atoms with van der Waals surface area (Å²) in [6, 6.07) is 0. The second-order valence-electron chi connectivity index (χ2n) is 6.47. The molecule has 21 heavy (non-hydrogen) atoms.